The van der Waals surface area contributed by atoms with Crippen LogP contribution in [-0.4, -0.2) is 31.1 Å². The molecule has 1 heterocycles. The highest BCUT2D eigenvalue weighted by atomic mass is 79.9. The predicted octanol–water partition coefficient (Wildman–Crippen LogP) is 2.31. The average Bonchev–Trinajstić information content (AvgIpc) is 3.14. The summed E-state index contributed by atoms with van der Waals surface area (Å²) < 4.78 is 11.5. The van der Waals surface area contributed by atoms with Crippen LogP contribution in [0.25, 0.3) is 10.8 Å². The first-order chi connectivity index (χ1) is 11.6. The van der Waals surface area contributed by atoms with Crippen LogP contribution < -0.4 is 15.6 Å². The smallest absolute Gasteiger partial charge is 0.276 e. The van der Waals surface area contributed by atoms with Crippen LogP contribution in [0, 0.1) is 0 Å². The number of nitrogens with one attached hydrogen (secondary N) is 2. The maximum Gasteiger partial charge on any atom is 0.276 e. The summed E-state index contributed by atoms with van der Waals surface area (Å²) >= 11 is 3.50. The monoisotopic (exact) mass is 392 g/mol. The van der Waals surface area contributed by atoms with Gasteiger partial charge in [-0.05, 0) is 45.6 Å². The first-order valence-electron chi connectivity index (χ1n) is 7.65. The van der Waals surface area contributed by atoms with Gasteiger partial charge >= 0.3 is 0 Å². The van der Waals surface area contributed by atoms with Crippen LogP contribution in [0.15, 0.2) is 40.9 Å². The molecule has 24 heavy (non-hydrogen) atoms. The molecule has 1 unspecified atom stereocenters. The molecule has 0 saturated carbocycles. The van der Waals surface area contributed by atoms with E-state index < -0.39 is 12.0 Å². The standard InChI is InChI=1S/C17H17BrN2O4/c18-16-12-5-2-1-4-11(12)7-8-13(16)24-10-15(21)19-20-17(22)14-6-3-9-23-14/h1-2,4-5,7-8,14H,3,6,9-10H2,(H,19,21)(H,20,22). The lowest BCUT2D eigenvalue weighted by Crippen LogP contribution is -2.47. The van der Waals surface area contributed by atoms with Crippen molar-refractivity contribution in [3.63, 3.8) is 0 Å². The first kappa shape index (κ1) is 16.7. The van der Waals surface area contributed by atoms with Crippen LogP contribution >= 0.6 is 15.9 Å². The summed E-state index contributed by atoms with van der Waals surface area (Å²) in [5.74, 6) is -0.219. The molecule has 0 spiro atoms. The fraction of sp³-hybridized carbons (Fsp3) is 0.294. The van der Waals surface area contributed by atoms with E-state index in [4.69, 9.17) is 9.47 Å². The van der Waals surface area contributed by atoms with Crippen LogP contribution in [0.3, 0.4) is 0 Å². The Morgan fingerprint density at radius 2 is 2.04 bits per heavy atom. The third-order valence-corrected chi connectivity index (χ3v) is 4.55. The molecule has 3 rings (SSSR count). The van der Waals surface area contributed by atoms with E-state index in [2.05, 4.69) is 26.8 Å². The number of carbonyl (C=O) groups excluding carboxylic acids is 2. The molecule has 1 aliphatic rings. The zero-order chi connectivity index (χ0) is 16.9. The molecule has 2 amide bonds. The molecule has 2 aromatic carbocycles. The lowest BCUT2D eigenvalue weighted by molar-refractivity contribution is -0.135. The van der Waals surface area contributed by atoms with E-state index in [1.807, 2.05) is 30.3 Å². The lowest BCUT2D eigenvalue weighted by Gasteiger charge is -2.13. The minimum absolute atomic E-state index is 0.206. The molecule has 6 nitrogen and oxygen atoms in total. The van der Waals surface area contributed by atoms with E-state index in [-0.39, 0.29) is 12.5 Å². The van der Waals surface area contributed by atoms with Gasteiger partial charge in [0.05, 0.1) is 4.47 Å². The van der Waals surface area contributed by atoms with Crippen molar-refractivity contribution in [3.05, 3.63) is 40.9 Å². The summed E-state index contributed by atoms with van der Waals surface area (Å²) in [6.45, 7) is 0.369. The van der Waals surface area contributed by atoms with E-state index in [1.165, 1.54) is 0 Å². The highest BCUT2D eigenvalue weighted by Gasteiger charge is 2.23. The lowest BCUT2D eigenvalue weighted by atomic mass is 10.1. The van der Waals surface area contributed by atoms with Crippen molar-refractivity contribution in [2.45, 2.75) is 18.9 Å². The number of hydrogen-bond donors (Lipinski definition) is 2. The van der Waals surface area contributed by atoms with Gasteiger partial charge in [0, 0.05) is 6.61 Å². The molecular weight excluding hydrogens is 376 g/mol. The molecule has 0 aromatic heterocycles. The largest absolute Gasteiger partial charge is 0.483 e. The summed E-state index contributed by atoms with van der Waals surface area (Å²) in [6.07, 6.45) is 1.04. The van der Waals surface area contributed by atoms with E-state index in [1.54, 1.807) is 6.07 Å². The molecule has 0 radical (unpaired) electrons. The van der Waals surface area contributed by atoms with Crippen molar-refractivity contribution in [1.29, 1.82) is 0 Å². The van der Waals surface area contributed by atoms with Gasteiger partial charge < -0.3 is 9.47 Å². The van der Waals surface area contributed by atoms with Crippen molar-refractivity contribution >= 4 is 38.5 Å². The molecule has 2 N–H and O–H groups in total. The maximum absolute atomic E-state index is 11.8. The number of halogens is 1. The molecule has 0 aliphatic carbocycles. The van der Waals surface area contributed by atoms with Crippen molar-refractivity contribution < 1.29 is 19.1 Å². The number of fused-ring (bicyclic) bond motifs is 1. The number of carbonyl (C=O) groups is 2. The second-order valence-electron chi connectivity index (χ2n) is 5.43. The van der Waals surface area contributed by atoms with Crippen LogP contribution in [0.1, 0.15) is 12.8 Å². The van der Waals surface area contributed by atoms with Crippen molar-refractivity contribution in [2.24, 2.45) is 0 Å². The zero-order valence-electron chi connectivity index (χ0n) is 12.9. The Balaban J connectivity index is 1.52. The minimum Gasteiger partial charge on any atom is -0.483 e. The zero-order valence-corrected chi connectivity index (χ0v) is 14.5. The molecule has 1 atom stereocenters. The minimum atomic E-state index is -0.485. The van der Waals surface area contributed by atoms with Crippen LogP contribution in [0.5, 0.6) is 5.75 Å². The fourth-order valence-corrected chi connectivity index (χ4v) is 3.11. The van der Waals surface area contributed by atoms with Gasteiger partial charge in [0.1, 0.15) is 11.9 Å². The first-order valence-corrected chi connectivity index (χ1v) is 8.45. The maximum atomic E-state index is 11.8. The molecule has 0 bridgehead atoms. The summed E-state index contributed by atoms with van der Waals surface area (Å²) in [5, 5.41) is 2.08. The van der Waals surface area contributed by atoms with Gasteiger partial charge in [-0.1, -0.05) is 30.3 Å². The third kappa shape index (κ3) is 3.85. The van der Waals surface area contributed by atoms with E-state index in [0.29, 0.717) is 18.8 Å². The SMILES string of the molecule is O=C(COc1ccc2ccccc2c1Br)NNC(=O)C1CCCO1. The normalized spacial score (nSPS) is 16.8. The number of amides is 2. The molecule has 7 heteroatoms. The van der Waals surface area contributed by atoms with E-state index in [9.17, 15) is 9.59 Å². The topological polar surface area (TPSA) is 76.7 Å². The number of ether oxygens (including phenoxy) is 2. The molecule has 1 saturated heterocycles. The Morgan fingerprint density at radius 1 is 1.21 bits per heavy atom. The van der Waals surface area contributed by atoms with Crippen LogP contribution in [0.4, 0.5) is 0 Å². The Bertz CT molecular complexity index is 759. The Morgan fingerprint density at radius 3 is 2.83 bits per heavy atom. The molecule has 1 fully saturated rings. The molecule has 2 aromatic rings. The third-order valence-electron chi connectivity index (χ3n) is 3.73. The average molecular weight is 393 g/mol. The Labute approximate surface area is 147 Å². The Hall–Kier alpha value is -2.12. The van der Waals surface area contributed by atoms with Gasteiger partial charge in [-0.25, -0.2) is 0 Å². The fourth-order valence-electron chi connectivity index (χ4n) is 2.50. The summed E-state index contributed by atoms with van der Waals surface area (Å²) in [4.78, 5) is 23.5. The second kappa shape index (κ2) is 7.63. The summed E-state index contributed by atoms with van der Waals surface area (Å²) in [7, 11) is 0. The van der Waals surface area contributed by atoms with Crippen LogP contribution in [0.2, 0.25) is 0 Å². The highest BCUT2D eigenvalue weighted by Crippen LogP contribution is 2.32. The summed E-state index contributed by atoms with van der Waals surface area (Å²) in [5.41, 5.74) is 4.68. The quantitative estimate of drug-likeness (QED) is 0.782. The molecular formula is C17H17BrN2O4. The van der Waals surface area contributed by atoms with Crippen molar-refractivity contribution in [2.75, 3.05) is 13.2 Å². The van der Waals surface area contributed by atoms with Crippen molar-refractivity contribution in [1.82, 2.24) is 10.9 Å². The molecule has 1 aliphatic heterocycles. The Kier molecular flexibility index (Phi) is 5.32. The second-order valence-corrected chi connectivity index (χ2v) is 6.22. The van der Waals surface area contributed by atoms with Gasteiger partial charge in [-0.15, -0.1) is 0 Å². The van der Waals surface area contributed by atoms with Gasteiger partial charge in [0.15, 0.2) is 6.61 Å². The van der Waals surface area contributed by atoms with E-state index in [0.717, 1.165) is 21.7 Å². The summed E-state index contributed by atoms with van der Waals surface area (Å²) in [6, 6.07) is 11.6. The number of rotatable bonds is 4. The van der Waals surface area contributed by atoms with Crippen LogP contribution in [-0.2, 0) is 14.3 Å². The number of hydrogen-bond acceptors (Lipinski definition) is 4. The number of hydrazine groups is 1. The predicted molar refractivity (Wildman–Crippen MR) is 92.4 cm³/mol. The van der Waals surface area contributed by atoms with Gasteiger partial charge in [-0.2, -0.15) is 0 Å². The van der Waals surface area contributed by atoms with Gasteiger partial charge in [0.2, 0.25) is 0 Å². The van der Waals surface area contributed by atoms with Crippen molar-refractivity contribution in [3.8, 4) is 5.75 Å². The number of benzene rings is 2. The highest BCUT2D eigenvalue weighted by molar-refractivity contribution is 9.10. The van der Waals surface area contributed by atoms with Gasteiger partial charge in [-0.3, -0.25) is 20.4 Å². The van der Waals surface area contributed by atoms with E-state index >= 15 is 0 Å². The van der Waals surface area contributed by atoms with Gasteiger partial charge in [0.25, 0.3) is 11.8 Å². The molecule has 126 valence electrons.